The summed E-state index contributed by atoms with van der Waals surface area (Å²) < 4.78 is 7.41. The van der Waals surface area contributed by atoms with Crippen LogP contribution >= 0.6 is 0 Å². The van der Waals surface area contributed by atoms with Gasteiger partial charge in [-0.1, -0.05) is 55.2 Å². The van der Waals surface area contributed by atoms with Crippen LogP contribution < -0.4 is 5.32 Å². The van der Waals surface area contributed by atoms with Gasteiger partial charge in [0.15, 0.2) is 0 Å². The third-order valence-electron chi connectivity index (χ3n) is 6.07. The molecule has 0 N–H and O–H groups in total. The molecule has 2 atom stereocenters. The van der Waals surface area contributed by atoms with Gasteiger partial charge in [0.2, 0.25) is 5.91 Å². The van der Waals surface area contributed by atoms with Gasteiger partial charge >= 0.3 is 6.09 Å². The largest absolute Gasteiger partial charge is 0.445 e. The molecule has 1 aromatic heterocycles. The van der Waals surface area contributed by atoms with Gasteiger partial charge in [0.1, 0.15) is 20.7 Å². The van der Waals surface area contributed by atoms with Crippen LogP contribution in [0.5, 0.6) is 0 Å². The fourth-order valence-electron chi connectivity index (χ4n) is 4.19. The van der Waals surface area contributed by atoms with Crippen molar-refractivity contribution in [3.05, 3.63) is 42.1 Å². The molecule has 166 valence electrons. The fourth-order valence-corrected chi connectivity index (χ4v) is 5.05. The highest BCUT2D eigenvalue weighted by Crippen LogP contribution is 2.30. The molecule has 0 aliphatic carbocycles. The van der Waals surface area contributed by atoms with Gasteiger partial charge in [-0.2, -0.15) is 0 Å². The maximum atomic E-state index is 13.2. The normalized spacial score (nSPS) is 21.5. The molecule has 2 aromatic rings. The summed E-state index contributed by atoms with van der Waals surface area (Å²) in [5, 5.41) is 9.74. The molecule has 2 aliphatic heterocycles. The maximum absolute atomic E-state index is 13.2. The molecule has 0 unspecified atom stereocenters. The third kappa shape index (κ3) is 4.81. The molecule has 0 bridgehead atoms. The third-order valence-corrected chi connectivity index (χ3v) is 7.84. The molecule has 1 aromatic carbocycles. The molecule has 3 heterocycles. The van der Waals surface area contributed by atoms with Crippen molar-refractivity contribution >= 4 is 25.4 Å². The number of hydrogen-bond acceptors (Lipinski definition) is 5. The second kappa shape index (κ2) is 8.82. The second-order valence-corrected chi connectivity index (χ2v) is 14.5. The van der Waals surface area contributed by atoms with Gasteiger partial charge in [-0.3, -0.25) is 9.69 Å². The number of likely N-dealkylation sites (tertiary alicyclic amines) is 2. The summed E-state index contributed by atoms with van der Waals surface area (Å²) in [5.41, 5.74) is 0.921. The van der Waals surface area contributed by atoms with Crippen molar-refractivity contribution in [2.24, 2.45) is 0 Å². The standard InChI is InChI=1S/C22H31N5O3Si/c1-31(2,3)20-15-27(24-23-20)18-13-19(21(28)25-11-7-8-12-25)26(14-18)22(29)30-16-17-9-5-4-6-10-17/h4-6,9-10,15,18-19H,7-8,11-14,16H2,1-3H3/t18-,19-/m0/s1. The predicted molar refractivity (Wildman–Crippen MR) is 120 cm³/mol. The Labute approximate surface area is 184 Å². The average molecular weight is 442 g/mol. The first kappa shape index (κ1) is 21.5. The summed E-state index contributed by atoms with van der Waals surface area (Å²) in [7, 11) is -1.59. The summed E-state index contributed by atoms with van der Waals surface area (Å²) in [6.45, 7) is 8.78. The Hall–Kier alpha value is -2.68. The number of nitrogens with zero attached hydrogens (tertiary/aromatic N) is 5. The lowest BCUT2D eigenvalue weighted by molar-refractivity contribution is -0.134. The van der Waals surface area contributed by atoms with Crippen LogP contribution in [0.25, 0.3) is 0 Å². The van der Waals surface area contributed by atoms with E-state index in [4.69, 9.17) is 4.74 Å². The first-order chi connectivity index (χ1) is 14.8. The Balaban J connectivity index is 1.51. The topological polar surface area (TPSA) is 80.6 Å². The summed E-state index contributed by atoms with van der Waals surface area (Å²) in [6, 6.07) is 8.98. The van der Waals surface area contributed by atoms with Crippen LogP contribution in [0, 0.1) is 0 Å². The number of hydrogen-bond donors (Lipinski definition) is 0. The molecule has 2 saturated heterocycles. The van der Waals surface area contributed by atoms with Gasteiger partial charge in [-0.05, 0) is 18.4 Å². The minimum atomic E-state index is -1.59. The number of rotatable bonds is 5. The predicted octanol–water partition coefficient (Wildman–Crippen LogP) is 2.40. The van der Waals surface area contributed by atoms with E-state index in [0.29, 0.717) is 13.0 Å². The quantitative estimate of drug-likeness (QED) is 0.666. The molecule has 2 aliphatic rings. The maximum Gasteiger partial charge on any atom is 0.410 e. The lowest BCUT2D eigenvalue weighted by Crippen LogP contribution is -2.47. The molecule has 0 radical (unpaired) electrons. The van der Waals surface area contributed by atoms with E-state index < -0.39 is 20.2 Å². The van der Waals surface area contributed by atoms with Crippen molar-refractivity contribution in [3.8, 4) is 0 Å². The van der Waals surface area contributed by atoms with E-state index in [0.717, 1.165) is 36.8 Å². The Morgan fingerprint density at radius 3 is 2.48 bits per heavy atom. The smallest absolute Gasteiger partial charge is 0.410 e. The first-order valence-corrected chi connectivity index (χ1v) is 14.5. The number of amides is 2. The summed E-state index contributed by atoms with van der Waals surface area (Å²) in [4.78, 5) is 29.7. The average Bonchev–Trinajstić information content (AvgIpc) is 3.51. The summed E-state index contributed by atoms with van der Waals surface area (Å²) >= 11 is 0. The van der Waals surface area contributed by atoms with E-state index in [2.05, 4.69) is 30.0 Å². The molecule has 8 nitrogen and oxygen atoms in total. The van der Waals surface area contributed by atoms with Gasteiger partial charge in [0, 0.05) is 32.3 Å². The molecular weight excluding hydrogens is 410 g/mol. The lowest BCUT2D eigenvalue weighted by Gasteiger charge is -2.26. The highest BCUT2D eigenvalue weighted by molar-refractivity contribution is 6.88. The van der Waals surface area contributed by atoms with Crippen LogP contribution in [0.15, 0.2) is 36.5 Å². The first-order valence-electron chi connectivity index (χ1n) is 11.0. The van der Waals surface area contributed by atoms with Crippen LogP contribution in [0.2, 0.25) is 19.6 Å². The molecule has 0 spiro atoms. The molecular formula is C22H31N5O3Si. The molecule has 4 rings (SSSR count). The number of carbonyl (C=O) groups excluding carboxylic acids is 2. The Bertz CT molecular complexity index is 921. The highest BCUT2D eigenvalue weighted by Gasteiger charge is 2.44. The number of benzene rings is 1. The van der Waals surface area contributed by atoms with Crippen molar-refractivity contribution in [1.29, 1.82) is 0 Å². The Kier molecular flexibility index (Phi) is 6.13. The Morgan fingerprint density at radius 2 is 1.84 bits per heavy atom. The lowest BCUT2D eigenvalue weighted by atomic mass is 10.1. The molecule has 31 heavy (non-hydrogen) atoms. The Morgan fingerprint density at radius 1 is 1.13 bits per heavy atom. The van der Waals surface area contributed by atoms with E-state index in [1.165, 1.54) is 0 Å². The van der Waals surface area contributed by atoms with Crippen LogP contribution in [0.4, 0.5) is 4.79 Å². The molecule has 9 heteroatoms. The van der Waals surface area contributed by atoms with Crippen LogP contribution in [-0.2, 0) is 16.1 Å². The van der Waals surface area contributed by atoms with Gasteiger partial charge < -0.3 is 9.64 Å². The fraction of sp³-hybridized carbons (Fsp3) is 0.545. The van der Waals surface area contributed by atoms with Crippen LogP contribution in [0.1, 0.15) is 30.9 Å². The SMILES string of the molecule is C[Si](C)(C)c1cn([C@H]2C[C@@H](C(=O)N3CCCC3)N(C(=O)OCc3ccccc3)C2)nn1. The van der Waals surface area contributed by atoms with Gasteiger partial charge in [0.05, 0.1) is 11.4 Å². The van der Waals surface area contributed by atoms with Crippen molar-refractivity contribution in [2.45, 2.75) is 57.6 Å². The van der Waals surface area contributed by atoms with E-state index in [-0.39, 0.29) is 18.6 Å². The van der Waals surface area contributed by atoms with Gasteiger partial charge in [-0.25, -0.2) is 9.48 Å². The summed E-state index contributed by atoms with van der Waals surface area (Å²) in [6.07, 6.45) is 4.11. The van der Waals surface area contributed by atoms with E-state index in [1.807, 2.05) is 46.1 Å². The molecule has 2 fully saturated rings. The highest BCUT2D eigenvalue weighted by atomic mass is 28.3. The second-order valence-electron chi connectivity index (χ2n) is 9.46. The van der Waals surface area contributed by atoms with Crippen molar-refractivity contribution < 1.29 is 14.3 Å². The number of ether oxygens (including phenoxy) is 1. The zero-order chi connectivity index (χ0) is 22.0. The zero-order valence-corrected chi connectivity index (χ0v) is 19.5. The van der Waals surface area contributed by atoms with E-state index in [9.17, 15) is 9.59 Å². The van der Waals surface area contributed by atoms with Gasteiger partial charge in [0.25, 0.3) is 0 Å². The summed E-state index contributed by atoms with van der Waals surface area (Å²) in [5.74, 6) is 0.0159. The van der Waals surface area contributed by atoms with E-state index in [1.54, 1.807) is 4.90 Å². The minimum absolute atomic E-state index is 0.0159. The zero-order valence-electron chi connectivity index (χ0n) is 18.5. The van der Waals surface area contributed by atoms with Gasteiger partial charge in [-0.15, -0.1) is 5.10 Å². The van der Waals surface area contributed by atoms with Crippen LogP contribution in [-0.4, -0.2) is 70.5 Å². The van der Waals surface area contributed by atoms with E-state index >= 15 is 0 Å². The molecule has 2 amide bonds. The van der Waals surface area contributed by atoms with Crippen LogP contribution in [0.3, 0.4) is 0 Å². The molecule has 0 saturated carbocycles. The number of aromatic nitrogens is 3. The van der Waals surface area contributed by atoms with Crippen molar-refractivity contribution in [3.63, 3.8) is 0 Å². The van der Waals surface area contributed by atoms with Crippen molar-refractivity contribution in [1.82, 2.24) is 24.8 Å². The monoisotopic (exact) mass is 441 g/mol. The van der Waals surface area contributed by atoms with Crippen molar-refractivity contribution in [2.75, 3.05) is 19.6 Å². The minimum Gasteiger partial charge on any atom is -0.445 e. The number of carbonyl (C=O) groups is 2.